The van der Waals surface area contributed by atoms with Gasteiger partial charge in [0, 0.05) is 12.5 Å². The molecule has 4 unspecified atom stereocenters. The van der Waals surface area contributed by atoms with Crippen LogP contribution in [-0.2, 0) is 4.79 Å². The van der Waals surface area contributed by atoms with Gasteiger partial charge in [0.25, 0.3) is 0 Å². The lowest BCUT2D eigenvalue weighted by Gasteiger charge is -2.38. The molecule has 18 heavy (non-hydrogen) atoms. The van der Waals surface area contributed by atoms with Crippen LogP contribution in [0.2, 0.25) is 0 Å². The standard InChI is InChI=1S/C15H30N2O/c1-10(2)13-6-5-11(3)7-14(13)17-15(18)8-12(4)9-16/h10-14H,5-9,16H2,1-4H3,(H,17,18). The molecule has 0 aromatic heterocycles. The van der Waals surface area contributed by atoms with Crippen LogP contribution in [0.4, 0.5) is 0 Å². The summed E-state index contributed by atoms with van der Waals surface area (Å²) in [5.74, 6) is 2.48. The first-order valence-corrected chi connectivity index (χ1v) is 7.43. The first-order valence-electron chi connectivity index (χ1n) is 7.43. The molecule has 0 heterocycles. The molecule has 0 bridgehead atoms. The summed E-state index contributed by atoms with van der Waals surface area (Å²) in [5.41, 5.74) is 5.57. The Kier molecular flexibility index (Phi) is 6.13. The lowest BCUT2D eigenvalue weighted by molar-refractivity contribution is -0.123. The van der Waals surface area contributed by atoms with E-state index in [1.54, 1.807) is 0 Å². The van der Waals surface area contributed by atoms with Crippen LogP contribution in [-0.4, -0.2) is 18.5 Å². The summed E-state index contributed by atoms with van der Waals surface area (Å²) in [6.45, 7) is 9.44. The molecule has 1 saturated carbocycles. The first kappa shape index (κ1) is 15.5. The van der Waals surface area contributed by atoms with Crippen molar-refractivity contribution in [2.45, 2.75) is 59.4 Å². The van der Waals surface area contributed by atoms with Crippen LogP contribution in [0.25, 0.3) is 0 Å². The summed E-state index contributed by atoms with van der Waals surface area (Å²) < 4.78 is 0. The van der Waals surface area contributed by atoms with Gasteiger partial charge in [0.15, 0.2) is 0 Å². The Morgan fingerprint density at radius 3 is 2.56 bits per heavy atom. The molecule has 3 heteroatoms. The molecule has 1 aliphatic carbocycles. The quantitative estimate of drug-likeness (QED) is 0.792. The molecule has 1 fully saturated rings. The third-order valence-electron chi connectivity index (χ3n) is 4.30. The van der Waals surface area contributed by atoms with Crippen molar-refractivity contribution in [2.24, 2.45) is 29.4 Å². The van der Waals surface area contributed by atoms with Gasteiger partial charge >= 0.3 is 0 Å². The molecule has 106 valence electrons. The normalized spacial score (nSPS) is 30.2. The molecule has 1 rings (SSSR count). The zero-order chi connectivity index (χ0) is 13.7. The van der Waals surface area contributed by atoms with Crippen molar-refractivity contribution < 1.29 is 4.79 Å². The van der Waals surface area contributed by atoms with Crippen LogP contribution in [0.15, 0.2) is 0 Å². The maximum Gasteiger partial charge on any atom is 0.220 e. The number of hydrogen-bond donors (Lipinski definition) is 2. The average molecular weight is 254 g/mol. The summed E-state index contributed by atoms with van der Waals surface area (Å²) in [7, 11) is 0. The molecule has 0 aromatic carbocycles. The van der Waals surface area contributed by atoms with Gasteiger partial charge in [-0.3, -0.25) is 4.79 Å². The zero-order valence-electron chi connectivity index (χ0n) is 12.4. The smallest absolute Gasteiger partial charge is 0.220 e. The minimum absolute atomic E-state index is 0.178. The van der Waals surface area contributed by atoms with E-state index in [2.05, 4.69) is 26.1 Å². The highest BCUT2D eigenvalue weighted by molar-refractivity contribution is 5.76. The second kappa shape index (κ2) is 7.13. The molecule has 0 saturated heterocycles. The second-order valence-electron chi connectivity index (χ2n) is 6.55. The molecule has 0 spiro atoms. The van der Waals surface area contributed by atoms with Gasteiger partial charge in [-0.1, -0.05) is 34.1 Å². The molecule has 3 N–H and O–H groups in total. The molecule has 4 atom stereocenters. The molecule has 3 nitrogen and oxygen atoms in total. The van der Waals surface area contributed by atoms with E-state index in [1.807, 2.05) is 6.92 Å². The fourth-order valence-electron chi connectivity index (χ4n) is 3.03. The second-order valence-corrected chi connectivity index (χ2v) is 6.55. The minimum Gasteiger partial charge on any atom is -0.353 e. The third kappa shape index (κ3) is 4.60. The maximum absolute atomic E-state index is 12.0. The fraction of sp³-hybridized carbons (Fsp3) is 0.933. The highest BCUT2D eigenvalue weighted by atomic mass is 16.1. The summed E-state index contributed by atoms with van der Waals surface area (Å²) in [6, 6.07) is 0.367. The van der Waals surface area contributed by atoms with Crippen molar-refractivity contribution in [1.82, 2.24) is 5.32 Å². The van der Waals surface area contributed by atoms with Gasteiger partial charge in [-0.05, 0) is 43.1 Å². The fourth-order valence-corrected chi connectivity index (χ4v) is 3.03. The van der Waals surface area contributed by atoms with Gasteiger partial charge in [0.1, 0.15) is 0 Å². The van der Waals surface area contributed by atoms with Crippen molar-refractivity contribution in [3.05, 3.63) is 0 Å². The van der Waals surface area contributed by atoms with E-state index >= 15 is 0 Å². The number of hydrogen-bond acceptors (Lipinski definition) is 2. The van der Waals surface area contributed by atoms with E-state index in [-0.39, 0.29) is 11.8 Å². The number of carbonyl (C=O) groups is 1. The molecular weight excluding hydrogens is 224 g/mol. The van der Waals surface area contributed by atoms with E-state index in [1.165, 1.54) is 12.8 Å². The Morgan fingerprint density at radius 2 is 2.00 bits per heavy atom. The Balaban J connectivity index is 2.52. The van der Waals surface area contributed by atoms with Crippen LogP contribution >= 0.6 is 0 Å². The third-order valence-corrected chi connectivity index (χ3v) is 4.30. The van der Waals surface area contributed by atoms with Crippen molar-refractivity contribution >= 4 is 5.91 Å². The highest BCUT2D eigenvalue weighted by Gasteiger charge is 2.31. The number of nitrogens with two attached hydrogens (primary N) is 1. The van der Waals surface area contributed by atoms with Crippen LogP contribution in [0.5, 0.6) is 0 Å². The van der Waals surface area contributed by atoms with E-state index < -0.39 is 0 Å². The summed E-state index contributed by atoms with van der Waals surface area (Å²) in [4.78, 5) is 12.0. The van der Waals surface area contributed by atoms with Crippen LogP contribution in [0.1, 0.15) is 53.4 Å². The van der Waals surface area contributed by atoms with Crippen LogP contribution < -0.4 is 11.1 Å². The van der Waals surface area contributed by atoms with E-state index in [0.717, 1.165) is 12.3 Å². The van der Waals surface area contributed by atoms with E-state index in [9.17, 15) is 4.79 Å². The molecular formula is C15H30N2O. The molecule has 1 amide bonds. The topological polar surface area (TPSA) is 55.1 Å². The Morgan fingerprint density at radius 1 is 1.33 bits per heavy atom. The Labute approximate surface area is 112 Å². The van der Waals surface area contributed by atoms with Gasteiger partial charge in [-0.25, -0.2) is 0 Å². The van der Waals surface area contributed by atoms with Gasteiger partial charge in [-0.15, -0.1) is 0 Å². The van der Waals surface area contributed by atoms with Crippen LogP contribution in [0.3, 0.4) is 0 Å². The highest BCUT2D eigenvalue weighted by Crippen LogP contribution is 2.33. The monoisotopic (exact) mass is 254 g/mol. The van der Waals surface area contributed by atoms with Gasteiger partial charge in [0.2, 0.25) is 5.91 Å². The predicted molar refractivity (Wildman–Crippen MR) is 76.1 cm³/mol. The number of carbonyl (C=O) groups excluding carboxylic acids is 1. The SMILES string of the molecule is CC(CN)CC(=O)NC1CC(C)CCC1C(C)C. The Bertz CT molecular complexity index is 265. The van der Waals surface area contributed by atoms with Crippen molar-refractivity contribution in [2.75, 3.05) is 6.54 Å². The first-order chi connectivity index (χ1) is 8.43. The molecule has 0 aliphatic heterocycles. The van der Waals surface area contributed by atoms with E-state index in [0.29, 0.717) is 30.8 Å². The van der Waals surface area contributed by atoms with Crippen molar-refractivity contribution in [3.8, 4) is 0 Å². The molecule has 0 radical (unpaired) electrons. The number of amides is 1. The molecule has 0 aromatic rings. The molecule has 1 aliphatic rings. The lowest BCUT2D eigenvalue weighted by Crippen LogP contribution is -2.46. The predicted octanol–water partition coefficient (Wildman–Crippen LogP) is 2.55. The average Bonchev–Trinajstić information content (AvgIpc) is 2.28. The van der Waals surface area contributed by atoms with Gasteiger partial charge in [0.05, 0.1) is 0 Å². The van der Waals surface area contributed by atoms with E-state index in [4.69, 9.17) is 5.73 Å². The lowest BCUT2D eigenvalue weighted by atomic mass is 9.74. The zero-order valence-corrected chi connectivity index (χ0v) is 12.4. The summed E-state index contributed by atoms with van der Waals surface area (Å²) in [5, 5.41) is 3.25. The van der Waals surface area contributed by atoms with Crippen molar-refractivity contribution in [3.63, 3.8) is 0 Å². The van der Waals surface area contributed by atoms with Gasteiger partial charge < -0.3 is 11.1 Å². The summed E-state index contributed by atoms with van der Waals surface area (Å²) >= 11 is 0. The van der Waals surface area contributed by atoms with Crippen LogP contribution in [0, 0.1) is 23.7 Å². The minimum atomic E-state index is 0.178. The Hall–Kier alpha value is -0.570. The largest absolute Gasteiger partial charge is 0.353 e. The summed E-state index contributed by atoms with van der Waals surface area (Å²) in [6.07, 6.45) is 4.24. The van der Waals surface area contributed by atoms with Crippen molar-refractivity contribution in [1.29, 1.82) is 0 Å². The number of rotatable bonds is 5. The maximum atomic E-state index is 12.0. The number of nitrogens with one attached hydrogen (secondary N) is 1. The van der Waals surface area contributed by atoms with Gasteiger partial charge in [-0.2, -0.15) is 0 Å².